The molecule has 0 bridgehead atoms. The summed E-state index contributed by atoms with van der Waals surface area (Å²) in [6.45, 7) is 0. The standard InChI is InChI=1S/C10H18O2/c11-9-3-1-7-2-4-10(12)6-8(7)5-9/h7-12H,1-6H2/t7?,8?,9-,10+. The summed E-state index contributed by atoms with van der Waals surface area (Å²) in [5.41, 5.74) is 0. The maximum absolute atomic E-state index is 9.45. The molecular formula is C10H18O2. The first-order chi connectivity index (χ1) is 5.75. The zero-order chi connectivity index (χ0) is 8.55. The van der Waals surface area contributed by atoms with Crippen molar-refractivity contribution >= 4 is 0 Å². The first kappa shape index (κ1) is 8.52. The lowest BCUT2D eigenvalue weighted by Crippen LogP contribution is -2.34. The molecule has 0 aromatic heterocycles. The van der Waals surface area contributed by atoms with E-state index in [0.717, 1.165) is 31.6 Å². The maximum atomic E-state index is 9.45. The topological polar surface area (TPSA) is 40.5 Å². The van der Waals surface area contributed by atoms with Gasteiger partial charge in [0, 0.05) is 0 Å². The summed E-state index contributed by atoms with van der Waals surface area (Å²) in [5, 5.41) is 18.9. The molecule has 70 valence electrons. The number of hydrogen-bond donors (Lipinski definition) is 2. The zero-order valence-electron chi connectivity index (χ0n) is 7.45. The summed E-state index contributed by atoms with van der Waals surface area (Å²) in [5.74, 6) is 1.41. The van der Waals surface area contributed by atoms with Crippen molar-refractivity contribution in [2.45, 2.75) is 50.7 Å². The highest BCUT2D eigenvalue weighted by molar-refractivity contribution is 4.85. The number of rotatable bonds is 0. The largest absolute Gasteiger partial charge is 0.393 e. The maximum Gasteiger partial charge on any atom is 0.0543 e. The molecule has 4 atom stereocenters. The highest BCUT2D eigenvalue weighted by atomic mass is 16.3. The van der Waals surface area contributed by atoms with Gasteiger partial charge in [0.15, 0.2) is 0 Å². The van der Waals surface area contributed by atoms with Crippen LogP contribution in [0.2, 0.25) is 0 Å². The minimum atomic E-state index is -0.0865. The van der Waals surface area contributed by atoms with Crippen LogP contribution < -0.4 is 0 Å². The molecule has 0 aliphatic heterocycles. The van der Waals surface area contributed by atoms with Gasteiger partial charge in [-0.1, -0.05) is 0 Å². The molecule has 2 aliphatic carbocycles. The SMILES string of the molecule is O[C@@H]1CCC2CC[C@H](O)CC2C1. The zero-order valence-corrected chi connectivity index (χ0v) is 7.45. The van der Waals surface area contributed by atoms with Crippen LogP contribution in [0.4, 0.5) is 0 Å². The third-order valence-corrected chi connectivity index (χ3v) is 3.56. The minimum Gasteiger partial charge on any atom is -0.393 e. The van der Waals surface area contributed by atoms with Gasteiger partial charge in [-0.2, -0.15) is 0 Å². The van der Waals surface area contributed by atoms with E-state index in [4.69, 9.17) is 0 Å². The lowest BCUT2D eigenvalue weighted by molar-refractivity contribution is 0.00395. The lowest BCUT2D eigenvalue weighted by atomic mass is 9.69. The molecule has 2 N–H and O–H groups in total. The number of fused-ring (bicyclic) bond motifs is 1. The van der Waals surface area contributed by atoms with Gasteiger partial charge < -0.3 is 10.2 Å². The summed E-state index contributed by atoms with van der Waals surface area (Å²) in [6.07, 6.45) is 6.02. The van der Waals surface area contributed by atoms with E-state index in [1.165, 1.54) is 12.8 Å². The van der Waals surface area contributed by atoms with E-state index in [1.807, 2.05) is 0 Å². The van der Waals surface area contributed by atoms with Crippen LogP contribution in [0, 0.1) is 11.8 Å². The van der Waals surface area contributed by atoms with E-state index < -0.39 is 0 Å². The fraction of sp³-hybridized carbons (Fsp3) is 1.00. The Morgan fingerprint density at radius 2 is 1.17 bits per heavy atom. The van der Waals surface area contributed by atoms with Crippen LogP contribution in [-0.4, -0.2) is 22.4 Å². The van der Waals surface area contributed by atoms with Crippen molar-refractivity contribution in [2.24, 2.45) is 11.8 Å². The van der Waals surface area contributed by atoms with Gasteiger partial charge in [0.25, 0.3) is 0 Å². The lowest BCUT2D eigenvalue weighted by Gasteiger charge is -2.39. The molecule has 0 saturated heterocycles. The van der Waals surface area contributed by atoms with Crippen molar-refractivity contribution in [3.8, 4) is 0 Å². The quantitative estimate of drug-likeness (QED) is 0.575. The molecule has 0 aromatic carbocycles. The molecule has 2 nitrogen and oxygen atoms in total. The van der Waals surface area contributed by atoms with Crippen LogP contribution in [-0.2, 0) is 0 Å². The summed E-state index contributed by atoms with van der Waals surface area (Å²) >= 11 is 0. The van der Waals surface area contributed by atoms with Crippen molar-refractivity contribution < 1.29 is 10.2 Å². The van der Waals surface area contributed by atoms with Crippen LogP contribution in [0.25, 0.3) is 0 Å². The Hall–Kier alpha value is -0.0800. The molecule has 0 radical (unpaired) electrons. The molecule has 2 fully saturated rings. The Balaban J connectivity index is 1.94. The summed E-state index contributed by atoms with van der Waals surface area (Å²) in [6, 6.07) is 0. The molecule has 2 saturated carbocycles. The monoisotopic (exact) mass is 170 g/mol. The van der Waals surface area contributed by atoms with E-state index in [0.29, 0.717) is 5.92 Å². The average Bonchev–Trinajstić information content (AvgIpc) is 2.03. The van der Waals surface area contributed by atoms with Crippen molar-refractivity contribution in [1.82, 2.24) is 0 Å². The Morgan fingerprint density at radius 1 is 0.667 bits per heavy atom. The number of hydrogen-bond acceptors (Lipinski definition) is 2. The summed E-state index contributed by atoms with van der Waals surface area (Å²) in [4.78, 5) is 0. The Labute approximate surface area is 73.6 Å². The van der Waals surface area contributed by atoms with E-state index in [1.54, 1.807) is 0 Å². The normalized spacial score (nSPS) is 48.5. The molecular weight excluding hydrogens is 152 g/mol. The van der Waals surface area contributed by atoms with Crippen LogP contribution >= 0.6 is 0 Å². The molecule has 0 amide bonds. The molecule has 0 heterocycles. The van der Waals surface area contributed by atoms with Crippen molar-refractivity contribution in [1.29, 1.82) is 0 Å². The van der Waals surface area contributed by atoms with E-state index in [2.05, 4.69) is 0 Å². The van der Waals surface area contributed by atoms with Gasteiger partial charge in [-0.15, -0.1) is 0 Å². The smallest absolute Gasteiger partial charge is 0.0543 e. The fourth-order valence-corrected chi connectivity index (χ4v) is 2.84. The Bertz CT molecular complexity index is 142. The number of aliphatic hydroxyl groups is 2. The van der Waals surface area contributed by atoms with Gasteiger partial charge in [-0.05, 0) is 50.4 Å². The highest BCUT2D eigenvalue weighted by Crippen LogP contribution is 2.40. The predicted molar refractivity (Wildman–Crippen MR) is 46.7 cm³/mol. The van der Waals surface area contributed by atoms with E-state index >= 15 is 0 Å². The van der Waals surface area contributed by atoms with Gasteiger partial charge in [-0.3, -0.25) is 0 Å². The van der Waals surface area contributed by atoms with Gasteiger partial charge >= 0.3 is 0 Å². The third kappa shape index (κ3) is 1.64. The Morgan fingerprint density at radius 3 is 1.67 bits per heavy atom. The molecule has 2 aliphatic rings. The first-order valence-corrected chi connectivity index (χ1v) is 5.12. The highest BCUT2D eigenvalue weighted by Gasteiger charge is 2.34. The first-order valence-electron chi connectivity index (χ1n) is 5.12. The molecule has 0 aromatic rings. The van der Waals surface area contributed by atoms with Crippen LogP contribution in [0.15, 0.2) is 0 Å². The molecule has 0 spiro atoms. The van der Waals surface area contributed by atoms with Crippen molar-refractivity contribution in [3.63, 3.8) is 0 Å². The number of aliphatic hydroxyl groups excluding tert-OH is 2. The molecule has 2 heteroatoms. The fourth-order valence-electron chi connectivity index (χ4n) is 2.84. The molecule has 2 unspecified atom stereocenters. The average molecular weight is 170 g/mol. The van der Waals surface area contributed by atoms with E-state index in [9.17, 15) is 10.2 Å². The second-order valence-electron chi connectivity index (χ2n) is 4.45. The van der Waals surface area contributed by atoms with Crippen molar-refractivity contribution in [2.75, 3.05) is 0 Å². The Kier molecular flexibility index (Phi) is 2.37. The summed E-state index contributed by atoms with van der Waals surface area (Å²) in [7, 11) is 0. The van der Waals surface area contributed by atoms with E-state index in [-0.39, 0.29) is 12.2 Å². The van der Waals surface area contributed by atoms with Crippen LogP contribution in [0.5, 0.6) is 0 Å². The van der Waals surface area contributed by atoms with Crippen LogP contribution in [0.3, 0.4) is 0 Å². The molecule has 12 heavy (non-hydrogen) atoms. The van der Waals surface area contributed by atoms with Gasteiger partial charge in [0.2, 0.25) is 0 Å². The third-order valence-electron chi connectivity index (χ3n) is 3.56. The summed E-state index contributed by atoms with van der Waals surface area (Å²) < 4.78 is 0. The molecule has 2 rings (SSSR count). The van der Waals surface area contributed by atoms with Crippen LogP contribution in [0.1, 0.15) is 38.5 Å². The van der Waals surface area contributed by atoms with Crippen molar-refractivity contribution in [3.05, 3.63) is 0 Å². The van der Waals surface area contributed by atoms with Gasteiger partial charge in [0.1, 0.15) is 0 Å². The minimum absolute atomic E-state index is 0.0865. The second-order valence-corrected chi connectivity index (χ2v) is 4.45. The second kappa shape index (κ2) is 3.35. The predicted octanol–water partition coefficient (Wildman–Crippen LogP) is 1.31. The van der Waals surface area contributed by atoms with Gasteiger partial charge in [-0.25, -0.2) is 0 Å². The van der Waals surface area contributed by atoms with Gasteiger partial charge in [0.05, 0.1) is 12.2 Å².